The van der Waals surface area contributed by atoms with Crippen molar-refractivity contribution in [1.82, 2.24) is 9.55 Å². The lowest BCUT2D eigenvalue weighted by molar-refractivity contribution is 0.0989. The standard InChI is InChI=1S/C16H23N3O/c1-3-5-6-9-13(4-2)19-14(15(17)20)11-12-8-7-10-18-16(12)19/h7-8,10-11,13H,3-6,9H2,1-2H3,(H2,17,20). The summed E-state index contributed by atoms with van der Waals surface area (Å²) in [4.78, 5) is 16.2. The molecule has 4 nitrogen and oxygen atoms in total. The lowest BCUT2D eigenvalue weighted by Crippen LogP contribution is -2.20. The highest BCUT2D eigenvalue weighted by Crippen LogP contribution is 2.27. The fourth-order valence-corrected chi connectivity index (χ4v) is 2.76. The summed E-state index contributed by atoms with van der Waals surface area (Å²) in [6.45, 7) is 4.35. The van der Waals surface area contributed by atoms with E-state index in [9.17, 15) is 4.79 Å². The number of carbonyl (C=O) groups is 1. The molecule has 0 aliphatic carbocycles. The van der Waals surface area contributed by atoms with Gasteiger partial charge in [-0.15, -0.1) is 0 Å². The smallest absolute Gasteiger partial charge is 0.265 e. The molecule has 1 atom stereocenters. The van der Waals surface area contributed by atoms with Crippen LogP contribution in [0.3, 0.4) is 0 Å². The van der Waals surface area contributed by atoms with Gasteiger partial charge in [0, 0.05) is 17.6 Å². The van der Waals surface area contributed by atoms with Crippen molar-refractivity contribution in [2.24, 2.45) is 5.73 Å². The Morgan fingerprint density at radius 3 is 2.85 bits per heavy atom. The number of nitrogens with two attached hydrogens (primary N) is 1. The molecule has 0 aliphatic heterocycles. The summed E-state index contributed by atoms with van der Waals surface area (Å²) in [6.07, 6.45) is 7.39. The summed E-state index contributed by atoms with van der Waals surface area (Å²) in [7, 11) is 0. The minimum absolute atomic E-state index is 0.288. The number of amides is 1. The molecule has 4 heteroatoms. The molecular weight excluding hydrogens is 250 g/mol. The van der Waals surface area contributed by atoms with Gasteiger partial charge in [0.15, 0.2) is 0 Å². The van der Waals surface area contributed by atoms with E-state index in [4.69, 9.17) is 5.73 Å². The highest BCUT2D eigenvalue weighted by atomic mass is 16.1. The van der Waals surface area contributed by atoms with Crippen LogP contribution in [0.25, 0.3) is 11.0 Å². The number of fused-ring (bicyclic) bond motifs is 1. The minimum Gasteiger partial charge on any atom is -0.364 e. The number of primary amides is 1. The molecule has 0 fully saturated rings. The third-order valence-electron chi connectivity index (χ3n) is 3.83. The van der Waals surface area contributed by atoms with Gasteiger partial charge < -0.3 is 10.3 Å². The topological polar surface area (TPSA) is 60.9 Å². The summed E-state index contributed by atoms with van der Waals surface area (Å²) in [6, 6.07) is 6.00. The Bertz CT molecular complexity index is 588. The fraction of sp³-hybridized carbons (Fsp3) is 0.500. The average molecular weight is 273 g/mol. The zero-order valence-corrected chi connectivity index (χ0v) is 12.3. The molecule has 108 valence electrons. The third-order valence-corrected chi connectivity index (χ3v) is 3.83. The molecule has 0 saturated carbocycles. The number of nitrogens with zero attached hydrogens (tertiary/aromatic N) is 2. The number of hydrogen-bond donors (Lipinski definition) is 1. The molecule has 0 aromatic carbocycles. The van der Waals surface area contributed by atoms with Crippen LogP contribution in [0.2, 0.25) is 0 Å². The van der Waals surface area contributed by atoms with E-state index in [0.29, 0.717) is 5.69 Å². The summed E-state index contributed by atoms with van der Waals surface area (Å²) in [5.41, 5.74) is 6.97. The zero-order valence-electron chi connectivity index (χ0n) is 12.3. The average Bonchev–Trinajstić information content (AvgIpc) is 2.83. The highest BCUT2D eigenvalue weighted by Gasteiger charge is 2.19. The molecule has 0 radical (unpaired) electrons. The first-order valence-corrected chi connectivity index (χ1v) is 7.44. The normalized spacial score (nSPS) is 12.7. The van der Waals surface area contributed by atoms with E-state index >= 15 is 0 Å². The van der Waals surface area contributed by atoms with Gasteiger partial charge in [-0.2, -0.15) is 0 Å². The molecule has 0 saturated heterocycles. The fourth-order valence-electron chi connectivity index (χ4n) is 2.76. The summed E-state index contributed by atoms with van der Waals surface area (Å²) in [5.74, 6) is -0.378. The van der Waals surface area contributed by atoms with Gasteiger partial charge in [-0.1, -0.05) is 33.1 Å². The van der Waals surface area contributed by atoms with Crippen LogP contribution < -0.4 is 5.73 Å². The molecule has 0 spiro atoms. The molecule has 1 amide bonds. The van der Waals surface area contributed by atoms with Gasteiger partial charge in [0.05, 0.1) is 0 Å². The number of pyridine rings is 1. The van der Waals surface area contributed by atoms with E-state index in [1.165, 1.54) is 19.3 Å². The molecule has 2 aromatic heterocycles. The van der Waals surface area contributed by atoms with E-state index < -0.39 is 0 Å². The van der Waals surface area contributed by atoms with Crippen molar-refractivity contribution in [1.29, 1.82) is 0 Å². The van der Waals surface area contributed by atoms with Crippen molar-refractivity contribution in [3.63, 3.8) is 0 Å². The number of unbranched alkanes of at least 4 members (excludes halogenated alkanes) is 2. The van der Waals surface area contributed by atoms with Gasteiger partial charge in [-0.3, -0.25) is 4.79 Å². The first-order chi connectivity index (χ1) is 9.69. The molecule has 2 rings (SSSR count). The van der Waals surface area contributed by atoms with Gasteiger partial charge in [-0.25, -0.2) is 4.98 Å². The maximum Gasteiger partial charge on any atom is 0.265 e. The number of carbonyl (C=O) groups excluding carboxylic acids is 1. The zero-order chi connectivity index (χ0) is 14.5. The van der Waals surface area contributed by atoms with Crippen molar-refractivity contribution in [3.05, 3.63) is 30.1 Å². The van der Waals surface area contributed by atoms with Crippen molar-refractivity contribution in [2.75, 3.05) is 0 Å². The van der Waals surface area contributed by atoms with Crippen LogP contribution in [0.5, 0.6) is 0 Å². The van der Waals surface area contributed by atoms with Gasteiger partial charge in [0.25, 0.3) is 5.91 Å². The van der Waals surface area contributed by atoms with E-state index in [-0.39, 0.29) is 11.9 Å². The van der Waals surface area contributed by atoms with Crippen molar-refractivity contribution in [3.8, 4) is 0 Å². The summed E-state index contributed by atoms with van der Waals surface area (Å²) < 4.78 is 2.04. The van der Waals surface area contributed by atoms with Crippen LogP contribution in [0, 0.1) is 0 Å². The van der Waals surface area contributed by atoms with E-state index in [0.717, 1.165) is 23.9 Å². The van der Waals surface area contributed by atoms with Crippen molar-refractivity contribution in [2.45, 2.75) is 52.0 Å². The van der Waals surface area contributed by atoms with Crippen LogP contribution in [0.15, 0.2) is 24.4 Å². The Morgan fingerprint density at radius 2 is 2.20 bits per heavy atom. The van der Waals surface area contributed by atoms with Crippen LogP contribution >= 0.6 is 0 Å². The molecular formula is C16H23N3O. The predicted molar refractivity (Wildman–Crippen MR) is 81.7 cm³/mol. The van der Waals surface area contributed by atoms with Gasteiger partial charge >= 0.3 is 0 Å². The molecule has 0 bridgehead atoms. The first-order valence-electron chi connectivity index (χ1n) is 7.44. The Hall–Kier alpha value is -1.84. The third kappa shape index (κ3) is 2.84. The lowest BCUT2D eigenvalue weighted by atomic mass is 10.1. The van der Waals surface area contributed by atoms with E-state index in [2.05, 4.69) is 18.8 Å². The van der Waals surface area contributed by atoms with Crippen LogP contribution in [0.1, 0.15) is 62.5 Å². The minimum atomic E-state index is -0.378. The summed E-state index contributed by atoms with van der Waals surface area (Å²) >= 11 is 0. The molecule has 0 aliphatic rings. The van der Waals surface area contributed by atoms with Crippen LogP contribution in [-0.2, 0) is 0 Å². The lowest BCUT2D eigenvalue weighted by Gasteiger charge is -2.20. The maximum atomic E-state index is 11.7. The van der Waals surface area contributed by atoms with Crippen molar-refractivity contribution >= 4 is 16.9 Å². The second-order valence-electron chi connectivity index (χ2n) is 5.24. The second-order valence-corrected chi connectivity index (χ2v) is 5.24. The van der Waals surface area contributed by atoms with E-state index in [1.54, 1.807) is 6.20 Å². The number of aromatic nitrogens is 2. The van der Waals surface area contributed by atoms with E-state index in [1.807, 2.05) is 22.8 Å². The Labute approximate surface area is 120 Å². The Morgan fingerprint density at radius 1 is 1.40 bits per heavy atom. The number of rotatable bonds is 7. The quantitative estimate of drug-likeness (QED) is 0.782. The van der Waals surface area contributed by atoms with Gasteiger partial charge in [0.2, 0.25) is 0 Å². The van der Waals surface area contributed by atoms with Crippen LogP contribution in [0.4, 0.5) is 0 Å². The molecule has 2 N–H and O–H groups in total. The predicted octanol–water partition coefficient (Wildman–Crippen LogP) is 3.67. The van der Waals surface area contributed by atoms with Crippen molar-refractivity contribution < 1.29 is 4.79 Å². The summed E-state index contributed by atoms with van der Waals surface area (Å²) in [5, 5.41) is 0.982. The monoisotopic (exact) mass is 273 g/mol. The molecule has 2 aromatic rings. The largest absolute Gasteiger partial charge is 0.364 e. The highest BCUT2D eigenvalue weighted by molar-refractivity contribution is 5.97. The first kappa shape index (κ1) is 14.6. The number of hydrogen-bond acceptors (Lipinski definition) is 2. The molecule has 2 heterocycles. The Balaban J connectivity index is 2.43. The Kier molecular flexibility index (Phi) is 4.77. The van der Waals surface area contributed by atoms with Crippen LogP contribution in [-0.4, -0.2) is 15.5 Å². The SMILES string of the molecule is CCCCCC(CC)n1c(C(N)=O)cc2cccnc21. The van der Waals surface area contributed by atoms with Gasteiger partial charge in [0.1, 0.15) is 11.3 Å². The molecule has 20 heavy (non-hydrogen) atoms. The maximum absolute atomic E-state index is 11.7. The second kappa shape index (κ2) is 6.55. The van der Waals surface area contributed by atoms with Gasteiger partial charge in [-0.05, 0) is 31.0 Å². The molecule has 1 unspecified atom stereocenters.